The van der Waals surface area contributed by atoms with Crippen LogP contribution in [0.15, 0.2) is 60.1 Å². The molecule has 0 N–H and O–H groups in total. The van der Waals surface area contributed by atoms with Crippen molar-refractivity contribution in [1.29, 1.82) is 0 Å². The number of carbonyl (C=O) groups is 1. The summed E-state index contributed by atoms with van der Waals surface area (Å²) in [6.07, 6.45) is 0. The number of rotatable bonds is 2. The molecule has 3 aromatic rings. The summed E-state index contributed by atoms with van der Waals surface area (Å²) in [5.41, 5.74) is 3.05. The van der Waals surface area contributed by atoms with Crippen LogP contribution < -0.4 is 0 Å². The quantitative estimate of drug-likeness (QED) is 0.409. The van der Waals surface area contributed by atoms with Crippen molar-refractivity contribution >= 4 is 17.3 Å². The zero-order valence-electron chi connectivity index (χ0n) is 10.8. The first-order chi connectivity index (χ1) is 9.33. The Kier molecular flexibility index (Phi) is 6.94. The minimum Gasteiger partial charge on any atom is -0.669 e. The van der Waals surface area contributed by atoms with E-state index in [4.69, 9.17) is 0 Å². The largest absolute Gasteiger partial charge is 0.669 e. The van der Waals surface area contributed by atoms with E-state index in [-0.39, 0.29) is 23.0 Å². The number of hydrogen-bond acceptors (Lipinski definition) is 4. The molecule has 0 aliphatic rings. The van der Waals surface area contributed by atoms with Crippen LogP contribution in [0.5, 0.6) is 0 Å². The molecule has 0 saturated heterocycles. The Bertz CT molecular complexity index is 582. The van der Waals surface area contributed by atoms with Crippen molar-refractivity contribution in [3.8, 4) is 10.4 Å². The molecule has 0 radical (unpaired) electrons. The Morgan fingerprint density at radius 3 is 2.45 bits per heavy atom. The third-order valence-corrected chi connectivity index (χ3v) is 3.30. The van der Waals surface area contributed by atoms with E-state index < -0.39 is 0 Å². The van der Waals surface area contributed by atoms with Crippen LogP contribution in [0.4, 0.5) is 0 Å². The molecule has 0 spiro atoms. The Morgan fingerprint density at radius 1 is 1.30 bits per heavy atom. The van der Waals surface area contributed by atoms with Gasteiger partial charge < -0.3 is 55.8 Å². The van der Waals surface area contributed by atoms with Gasteiger partial charge in [0.25, 0.3) is 0 Å². The molecule has 0 saturated carbocycles. The summed E-state index contributed by atoms with van der Waals surface area (Å²) in [5.74, 6) is -0.387. The molecule has 20 heavy (non-hydrogen) atoms. The molecule has 1 aromatic heterocycles. The molecule has 5 heteroatoms. The Balaban J connectivity index is 0.000000283. The molecular weight excluding hydrogens is 314 g/mol. The third kappa shape index (κ3) is 4.17. The molecule has 0 amide bonds. The molecule has 0 unspecified atom stereocenters. The van der Waals surface area contributed by atoms with Crippen LogP contribution in [-0.4, -0.2) is 18.1 Å². The fourth-order valence-electron chi connectivity index (χ4n) is 1.54. The van der Waals surface area contributed by atoms with E-state index in [0.717, 1.165) is 10.4 Å². The van der Waals surface area contributed by atoms with Crippen molar-refractivity contribution < 1.29 is 26.6 Å². The molecule has 0 aliphatic heterocycles. The van der Waals surface area contributed by atoms with Gasteiger partial charge in [-0.1, -0.05) is 0 Å². The third-order valence-electron chi connectivity index (χ3n) is 2.43. The Labute approximate surface area is 132 Å². The predicted octanol–water partition coefficient (Wildman–Crippen LogP) is 3.72. The van der Waals surface area contributed by atoms with Crippen LogP contribution in [-0.2, 0) is 21.8 Å². The van der Waals surface area contributed by atoms with E-state index in [1.807, 2.05) is 54.6 Å². The van der Waals surface area contributed by atoms with Crippen LogP contribution in [0, 0.1) is 0 Å². The maximum Gasteiger partial charge on any atom is 0.206 e. The minimum absolute atomic E-state index is 0. The van der Waals surface area contributed by atoms with Crippen LogP contribution in [0.25, 0.3) is 10.4 Å². The SMILES string of the molecule is COC(=O)c1ncsc1-[c-]1[cH-][cH-][cH-][cH-]1.[Fe].c1cc[cH-]c1. The maximum absolute atomic E-state index is 11.3. The Hall–Kier alpha value is -1.68. The zero-order valence-corrected chi connectivity index (χ0v) is 12.7. The predicted molar refractivity (Wildman–Crippen MR) is 76.5 cm³/mol. The van der Waals surface area contributed by atoms with Gasteiger partial charge in [0.2, 0.25) is 5.97 Å². The average Bonchev–Trinajstić information content (AvgIpc) is 3.19. The first kappa shape index (κ1) is 16.4. The number of aromatic nitrogens is 1. The minimum atomic E-state index is -0.387. The number of carbonyl (C=O) groups excluding carboxylic acids is 1. The molecule has 0 fully saturated rings. The van der Waals surface area contributed by atoms with Crippen LogP contribution >= 0.6 is 11.3 Å². The topological polar surface area (TPSA) is 39.2 Å². The van der Waals surface area contributed by atoms with Gasteiger partial charge in [0.05, 0.1) is 7.11 Å². The summed E-state index contributed by atoms with van der Waals surface area (Å²) in [7, 11) is 1.36. The van der Waals surface area contributed by atoms with Gasteiger partial charge in [0.1, 0.15) is 0 Å². The van der Waals surface area contributed by atoms with E-state index >= 15 is 0 Å². The molecular formula is C15H13FeNO2S-6. The fourth-order valence-corrected chi connectivity index (χ4v) is 2.32. The van der Waals surface area contributed by atoms with Crippen LogP contribution in [0.2, 0.25) is 0 Å². The Morgan fingerprint density at radius 2 is 1.95 bits per heavy atom. The van der Waals surface area contributed by atoms with Gasteiger partial charge in [-0.3, -0.25) is 4.79 Å². The van der Waals surface area contributed by atoms with Crippen molar-refractivity contribution in [3.05, 3.63) is 65.8 Å². The van der Waals surface area contributed by atoms with Gasteiger partial charge in [-0.25, -0.2) is 12.1 Å². The zero-order chi connectivity index (χ0) is 13.5. The normalized spacial score (nSPS) is 9.05. The molecule has 3 nitrogen and oxygen atoms in total. The van der Waals surface area contributed by atoms with E-state index in [2.05, 4.69) is 9.72 Å². The van der Waals surface area contributed by atoms with Crippen molar-refractivity contribution in [3.63, 3.8) is 0 Å². The van der Waals surface area contributed by atoms with Crippen LogP contribution in [0.1, 0.15) is 10.5 Å². The number of hydrogen-bond donors (Lipinski definition) is 0. The maximum atomic E-state index is 11.3. The summed E-state index contributed by atoms with van der Waals surface area (Å²) in [5, 5.41) is 0. The smallest absolute Gasteiger partial charge is 0.206 e. The molecule has 2 aromatic carbocycles. The van der Waals surface area contributed by atoms with Crippen molar-refractivity contribution in [1.82, 2.24) is 4.98 Å². The van der Waals surface area contributed by atoms with Gasteiger partial charge in [0.15, 0.2) is 0 Å². The first-order valence-corrected chi connectivity index (χ1v) is 6.61. The molecule has 110 valence electrons. The summed E-state index contributed by atoms with van der Waals surface area (Å²) in [6, 6.07) is 17.7. The fraction of sp³-hybridized carbons (Fsp3) is 0.0667. The molecule has 0 aliphatic carbocycles. The summed E-state index contributed by atoms with van der Waals surface area (Å²) < 4.78 is 4.64. The number of thiazole rings is 1. The van der Waals surface area contributed by atoms with Gasteiger partial charge in [-0.15, -0.1) is 0 Å². The van der Waals surface area contributed by atoms with E-state index in [0.29, 0.717) is 5.69 Å². The number of esters is 1. The standard InChI is InChI=1S/C10H8NO2S.C5H5.Fe/c1-13-10(12)8-9(14-6-11-8)7-4-2-3-5-7;1-2-4-5-3-1;/h2-6H,1H3;1-5H;/q-5;-1;. The van der Waals surface area contributed by atoms with Gasteiger partial charge in [-0.2, -0.15) is 23.9 Å². The second-order valence-electron chi connectivity index (χ2n) is 3.66. The van der Waals surface area contributed by atoms with Gasteiger partial charge >= 0.3 is 0 Å². The van der Waals surface area contributed by atoms with Crippen molar-refractivity contribution in [2.24, 2.45) is 0 Å². The summed E-state index contributed by atoms with van der Waals surface area (Å²) >= 11 is 1.44. The van der Waals surface area contributed by atoms with Crippen molar-refractivity contribution in [2.45, 2.75) is 0 Å². The summed E-state index contributed by atoms with van der Waals surface area (Å²) in [4.78, 5) is 16.2. The van der Waals surface area contributed by atoms with E-state index in [9.17, 15) is 4.79 Å². The van der Waals surface area contributed by atoms with E-state index in [1.165, 1.54) is 18.4 Å². The first-order valence-electron chi connectivity index (χ1n) is 5.73. The van der Waals surface area contributed by atoms with E-state index in [1.54, 1.807) is 5.51 Å². The summed E-state index contributed by atoms with van der Waals surface area (Å²) in [6.45, 7) is 0. The monoisotopic (exact) mass is 327 g/mol. The second kappa shape index (κ2) is 8.48. The number of methoxy groups -OCH3 is 1. The number of ether oxygens (including phenoxy) is 1. The number of nitrogens with zero attached hydrogens (tertiary/aromatic N) is 1. The molecule has 0 bridgehead atoms. The van der Waals surface area contributed by atoms with Crippen molar-refractivity contribution in [2.75, 3.05) is 7.11 Å². The molecule has 3 rings (SSSR count). The second-order valence-corrected chi connectivity index (χ2v) is 4.51. The molecule has 1 heterocycles. The average molecular weight is 327 g/mol. The van der Waals surface area contributed by atoms with Gasteiger partial charge in [0, 0.05) is 22.6 Å². The van der Waals surface area contributed by atoms with Crippen LogP contribution in [0.3, 0.4) is 0 Å². The van der Waals surface area contributed by atoms with Gasteiger partial charge in [-0.05, 0) is 0 Å². The molecule has 0 atom stereocenters.